The number of hydrogen-bond donors (Lipinski definition) is 2. The van der Waals surface area contributed by atoms with Gasteiger partial charge in [-0.2, -0.15) is 0 Å². The van der Waals surface area contributed by atoms with E-state index < -0.39 is 0 Å². The van der Waals surface area contributed by atoms with Crippen molar-refractivity contribution in [1.29, 1.82) is 0 Å². The van der Waals surface area contributed by atoms with E-state index in [-0.39, 0.29) is 11.9 Å². The lowest BCUT2D eigenvalue weighted by atomic mass is 10.2. The van der Waals surface area contributed by atoms with Crippen LogP contribution < -0.4 is 10.6 Å². The van der Waals surface area contributed by atoms with Gasteiger partial charge < -0.3 is 10.6 Å². The van der Waals surface area contributed by atoms with Gasteiger partial charge in [0, 0.05) is 12.6 Å². The summed E-state index contributed by atoms with van der Waals surface area (Å²) in [6.45, 7) is 6.54. The summed E-state index contributed by atoms with van der Waals surface area (Å²) in [4.78, 5) is 20.1. The van der Waals surface area contributed by atoms with Gasteiger partial charge in [-0.25, -0.2) is 9.97 Å². The summed E-state index contributed by atoms with van der Waals surface area (Å²) in [5, 5.41) is 6.81. The van der Waals surface area contributed by atoms with Gasteiger partial charge in [0.25, 0.3) is 0 Å². The molecule has 106 valence electrons. The maximum Gasteiger partial charge on any atom is 0.242 e. The molecule has 0 radical (unpaired) electrons. The molecule has 0 saturated carbocycles. The molecule has 1 rings (SSSR count). The Morgan fingerprint density at radius 2 is 2.11 bits per heavy atom. The van der Waals surface area contributed by atoms with Crippen molar-refractivity contribution in [3.63, 3.8) is 0 Å². The molecule has 1 unspecified atom stereocenters. The fraction of sp³-hybridized carbons (Fsp3) is 0.583. The van der Waals surface area contributed by atoms with Crippen LogP contribution in [0.2, 0.25) is 5.15 Å². The Morgan fingerprint density at radius 1 is 1.42 bits per heavy atom. The predicted molar refractivity (Wildman–Crippen MR) is 79.8 cm³/mol. The van der Waals surface area contributed by atoms with E-state index in [1.54, 1.807) is 13.0 Å². The maximum atomic E-state index is 11.8. The summed E-state index contributed by atoms with van der Waals surface area (Å²) in [7, 11) is 0. The quantitative estimate of drug-likeness (QED) is 0.480. The van der Waals surface area contributed by atoms with Gasteiger partial charge in [0.15, 0.2) is 5.16 Å². The van der Waals surface area contributed by atoms with Crippen LogP contribution in [0.25, 0.3) is 0 Å². The molecule has 1 atom stereocenters. The van der Waals surface area contributed by atoms with Crippen LogP contribution in [0.3, 0.4) is 0 Å². The molecule has 0 fully saturated rings. The van der Waals surface area contributed by atoms with Crippen LogP contribution in [0.15, 0.2) is 11.2 Å². The highest BCUT2D eigenvalue weighted by molar-refractivity contribution is 7.98. The Labute approximate surface area is 122 Å². The van der Waals surface area contributed by atoms with Crippen molar-refractivity contribution in [2.45, 2.75) is 32.0 Å². The molecule has 1 aromatic rings. The second-order valence-corrected chi connectivity index (χ2v) is 5.73. The fourth-order valence-electron chi connectivity index (χ4n) is 1.31. The molecule has 19 heavy (non-hydrogen) atoms. The van der Waals surface area contributed by atoms with Crippen molar-refractivity contribution in [2.75, 3.05) is 18.1 Å². The zero-order valence-corrected chi connectivity index (χ0v) is 13.1. The number of anilines is 1. The van der Waals surface area contributed by atoms with Gasteiger partial charge in [0.2, 0.25) is 5.91 Å². The number of amides is 1. The lowest BCUT2D eigenvalue weighted by Gasteiger charge is -2.16. The Kier molecular flexibility index (Phi) is 6.37. The second kappa shape index (κ2) is 7.55. The normalized spacial score (nSPS) is 12.3. The minimum atomic E-state index is -0.376. The largest absolute Gasteiger partial charge is 0.358 e. The molecule has 0 aliphatic heterocycles. The van der Waals surface area contributed by atoms with Crippen LogP contribution in [0, 0.1) is 5.92 Å². The lowest BCUT2D eigenvalue weighted by Crippen LogP contribution is -2.39. The van der Waals surface area contributed by atoms with Crippen LogP contribution in [-0.4, -0.2) is 34.7 Å². The minimum Gasteiger partial charge on any atom is -0.358 e. The van der Waals surface area contributed by atoms with Gasteiger partial charge in [-0.1, -0.05) is 37.2 Å². The molecule has 0 bridgehead atoms. The molecule has 5 nitrogen and oxygen atoms in total. The van der Waals surface area contributed by atoms with E-state index in [2.05, 4.69) is 20.6 Å². The third-order valence-corrected chi connectivity index (χ3v) is 3.04. The monoisotopic (exact) mass is 302 g/mol. The summed E-state index contributed by atoms with van der Waals surface area (Å²) < 4.78 is 0. The van der Waals surface area contributed by atoms with Crippen molar-refractivity contribution < 1.29 is 4.79 Å². The fourth-order valence-corrected chi connectivity index (χ4v) is 1.92. The van der Waals surface area contributed by atoms with E-state index in [1.807, 2.05) is 20.1 Å². The van der Waals surface area contributed by atoms with E-state index in [1.165, 1.54) is 11.8 Å². The highest BCUT2D eigenvalue weighted by Gasteiger charge is 2.14. The molecule has 1 amide bonds. The van der Waals surface area contributed by atoms with E-state index in [9.17, 15) is 4.79 Å². The zero-order chi connectivity index (χ0) is 14.4. The first-order valence-electron chi connectivity index (χ1n) is 6.05. The average Bonchev–Trinajstić information content (AvgIpc) is 2.34. The van der Waals surface area contributed by atoms with Crippen molar-refractivity contribution >= 4 is 35.1 Å². The summed E-state index contributed by atoms with van der Waals surface area (Å²) >= 11 is 7.29. The third kappa shape index (κ3) is 5.65. The summed E-state index contributed by atoms with van der Waals surface area (Å²) in [6.07, 6.45) is 1.87. The number of carbonyl (C=O) groups excluding carboxylic acids is 1. The van der Waals surface area contributed by atoms with Gasteiger partial charge in [-0.3, -0.25) is 4.79 Å². The van der Waals surface area contributed by atoms with E-state index in [4.69, 9.17) is 11.6 Å². The van der Waals surface area contributed by atoms with Gasteiger partial charge in [0.1, 0.15) is 17.0 Å². The van der Waals surface area contributed by atoms with Gasteiger partial charge >= 0.3 is 0 Å². The van der Waals surface area contributed by atoms with Crippen LogP contribution in [0.1, 0.15) is 20.8 Å². The highest BCUT2D eigenvalue weighted by Crippen LogP contribution is 2.17. The Hall–Kier alpha value is -1.01. The number of nitrogens with zero attached hydrogens (tertiary/aromatic N) is 2. The van der Waals surface area contributed by atoms with Crippen molar-refractivity contribution in [1.82, 2.24) is 15.3 Å². The molecule has 1 heterocycles. The zero-order valence-electron chi connectivity index (χ0n) is 11.5. The first kappa shape index (κ1) is 16.0. The molecule has 0 spiro atoms. The van der Waals surface area contributed by atoms with Crippen LogP contribution in [-0.2, 0) is 4.79 Å². The average molecular weight is 303 g/mol. The number of hydrogen-bond acceptors (Lipinski definition) is 5. The van der Waals surface area contributed by atoms with Crippen LogP contribution in [0.4, 0.5) is 5.82 Å². The third-order valence-electron chi connectivity index (χ3n) is 2.30. The summed E-state index contributed by atoms with van der Waals surface area (Å²) in [5.74, 6) is 0.915. The van der Waals surface area contributed by atoms with Crippen molar-refractivity contribution in [3.8, 4) is 0 Å². The molecule has 0 aliphatic rings. The van der Waals surface area contributed by atoms with E-state index in [0.29, 0.717) is 28.6 Å². The molecular formula is C12H19ClN4OS. The van der Waals surface area contributed by atoms with Crippen molar-refractivity contribution in [2.24, 2.45) is 5.92 Å². The van der Waals surface area contributed by atoms with Gasteiger partial charge in [0.05, 0.1) is 0 Å². The van der Waals surface area contributed by atoms with Crippen molar-refractivity contribution in [3.05, 3.63) is 11.2 Å². The number of nitrogens with one attached hydrogen (secondary N) is 2. The number of halogens is 1. The lowest BCUT2D eigenvalue weighted by molar-refractivity contribution is -0.121. The molecule has 0 saturated heterocycles. The molecule has 0 aromatic carbocycles. The number of thioether (sulfide) groups is 1. The maximum absolute atomic E-state index is 11.8. The second-order valence-electron chi connectivity index (χ2n) is 4.57. The smallest absolute Gasteiger partial charge is 0.242 e. The SMILES string of the molecule is CSc1nc(Cl)cc(NC(C)C(=O)NCC(C)C)n1. The molecule has 1 aromatic heterocycles. The van der Waals surface area contributed by atoms with Gasteiger partial charge in [-0.05, 0) is 19.1 Å². The standard InChI is InChI=1S/C12H19ClN4OS/c1-7(2)6-14-11(18)8(3)15-10-5-9(13)16-12(17-10)19-4/h5,7-8H,6H2,1-4H3,(H,14,18)(H,15,16,17). The minimum absolute atomic E-state index is 0.0610. The Balaban J connectivity index is 2.63. The molecular weight excluding hydrogens is 284 g/mol. The first-order chi connectivity index (χ1) is 8.92. The first-order valence-corrected chi connectivity index (χ1v) is 7.65. The Morgan fingerprint density at radius 3 is 2.68 bits per heavy atom. The van der Waals surface area contributed by atoms with Crippen LogP contribution in [0.5, 0.6) is 0 Å². The summed E-state index contributed by atoms with van der Waals surface area (Å²) in [6, 6.07) is 1.23. The molecule has 0 aliphatic carbocycles. The van der Waals surface area contributed by atoms with E-state index in [0.717, 1.165) is 0 Å². The topological polar surface area (TPSA) is 66.9 Å². The highest BCUT2D eigenvalue weighted by atomic mass is 35.5. The Bertz CT molecular complexity index is 442. The molecule has 7 heteroatoms. The number of rotatable bonds is 6. The number of aromatic nitrogens is 2. The van der Waals surface area contributed by atoms with Crippen LogP contribution >= 0.6 is 23.4 Å². The molecule has 2 N–H and O–H groups in total. The number of carbonyl (C=O) groups is 1. The summed E-state index contributed by atoms with van der Waals surface area (Å²) in [5.41, 5.74) is 0. The van der Waals surface area contributed by atoms with Gasteiger partial charge in [-0.15, -0.1) is 0 Å². The predicted octanol–water partition coefficient (Wildman–Crippen LogP) is 2.42. The van der Waals surface area contributed by atoms with E-state index >= 15 is 0 Å².